The number of carboxylic acid groups (broad SMARTS) is 1. The minimum absolute atomic E-state index is 0.249. The molecule has 1 heterocycles. The lowest BCUT2D eigenvalue weighted by molar-refractivity contribution is -0.144. The largest absolute Gasteiger partial charge is 0.480 e. The van der Waals surface area contributed by atoms with E-state index in [0.29, 0.717) is 12.3 Å². The molecule has 1 rings (SSSR count). The highest BCUT2D eigenvalue weighted by atomic mass is 16.4. The van der Waals surface area contributed by atoms with Crippen molar-refractivity contribution in [3.63, 3.8) is 0 Å². The Labute approximate surface area is 117 Å². The molecule has 3 atom stereocenters. The van der Waals surface area contributed by atoms with Gasteiger partial charge in [-0.05, 0) is 60.3 Å². The second-order valence-corrected chi connectivity index (χ2v) is 6.30. The fraction of sp³-hybridized carbons (Fsp3) is 0.929. The summed E-state index contributed by atoms with van der Waals surface area (Å²) < 4.78 is 0. The van der Waals surface area contributed by atoms with Crippen molar-refractivity contribution in [2.24, 2.45) is 5.92 Å². The van der Waals surface area contributed by atoms with Crippen LogP contribution in [0.1, 0.15) is 26.7 Å². The zero-order valence-electron chi connectivity index (χ0n) is 12.9. The van der Waals surface area contributed by atoms with E-state index in [1.165, 1.54) is 13.0 Å². The fourth-order valence-corrected chi connectivity index (χ4v) is 2.81. The first-order valence-electron chi connectivity index (χ1n) is 7.09. The van der Waals surface area contributed by atoms with Crippen LogP contribution in [0.2, 0.25) is 0 Å². The molecule has 1 fully saturated rings. The van der Waals surface area contributed by atoms with E-state index in [9.17, 15) is 9.90 Å². The second-order valence-electron chi connectivity index (χ2n) is 6.30. The minimum atomic E-state index is -0.847. The summed E-state index contributed by atoms with van der Waals surface area (Å²) in [4.78, 5) is 16.0. The van der Waals surface area contributed by atoms with Gasteiger partial charge in [-0.25, -0.2) is 0 Å². The van der Waals surface area contributed by atoms with E-state index in [-0.39, 0.29) is 6.04 Å². The molecule has 0 aromatic rings. The standard InChI is InChI=1S/C14H29N3O2/c1-11(8-14(2,15-3)13(18)19)17(5)10-12-6-7-16(4)9-12/h11-12,15H,6-10H2,1-5H3,(H,18,19). The molecule has 5 heteroatoms. The van der Waals surface area contributed by atoms with Gasteiger partial charge < -0.3 is 20.2 Å². The Balaban J connectivity index is 2.48. The molecule has 3 unspecified atom stereocenters. The maximum absolute atomic E-state index is 11.3. The predicted molar refractivity (Wildman–Crippen MR) is 77.4 cm³/mol. The van der Waals surface area contributed by atoms with Gasteiger partial charge in [0.1, 0.15) is 5.54 Å². The van der Waals surface area contributed by atoms with Crippen molar-refractivity contribution in [2.75, 3.05) is 40.8 Å². The Hall–Kier alpha value is -0.650. The highest BCUT2D eigenvalue weighted by molar-refractivity contribution is 5.78. The lowest BCUT2D eigenvalue weighted by atomic mass is 9.93. The Morgan fingerprint density at radius 2 is 2.26 bits per heavy atom. The summed E-state index contributed by atoms with van der Waals surface area (Å²) in [7, 11) is 5.97. The summed E-state index contributed by atoms with van der Waals surface area (Å²) in [6.45, 7) is 7.24. The normalized spacial score (nSPS) is 25.5. The summed E-state index contributed by atoms with van der Waals surface area (Å²) in [5.41, 5.74) is -0.847. The van der Waals surface area contributed by atoms with Crippen molar-refractivity contribution in [3.05, 3.63) is 0 Å². The lowest BCUT2D eigenvalue weighted by Crippen LogP contribution is -2.52. The first-order chi connectivity index (χ1) is 8.78. The highest BCUT2D eigenvalue weighted by Gasteiger charge is 2.34. The SMILES string of the molecule is CNC(C)(CC(C)N(C)CC1CCN(C)C1)C(=O)O. The van der Waals surface area contributed by atoms with E-state index in [1.54, 1.807) is 14.0 Å². The van der Waals surface area contributed by atoms with Crippen molar-refractivity contribution in [1.29, 1.82) is 0 Å². The maximum atomic E-state index is 11.3. The molecule has 0 aromatic heterocycles. The van der Waals surface area contributed by atoms with Gasteiger partial charge >= 0.3 is 5.97 Å². The van der Waals surface area contributed by atoms with Gasteiger partial charge in [-0.3, -0.25) is 4.79 Å². The molecular formula is C14H29N3O2. The van der Waals surface area contributed by atoms with Gasteiger partial charge in [-0.2, -0.15) is 0 Å². The molecule has 0 saturated carbocycles. The number of likely N-dealkylation sites (N-methyl/N-ethyl adjacent to an activating group) is 1. The van der Waals surface area contributed by atoms with Crippen LogP contribution in [0.5, 0.6) is 0 Å². The van der Waals surface area contributed by atoms with Crippen LogP contribution in [0.25, 0.3) is 0 Å². The van der Waals surface area contributed by atoms with E-state index in [2.05, 4.69) is 36.1 Å². The predicted octanol–water partition coefficient (Wildman–Crippen LogP) is 0.711. The molecule has 19 heavy (non-hydrogen) atoms. The van der Waals surface area contributed by atoms with Crippen LogP contribution in [0.3, 0.4) is 0 Å². The second kappa shape index (κ2) is 6.68. The number of nitrogens with zero attached hydrogens (tertiary/aromatic N) is 2. The molecule has 1 saturated heterocycles. The van der Waals surface area contributed by atoms with Gasteiger partial charge in [-0.15, -0.1) is 0 Å². The van der Waals surface area contributed by atoms with E-state index < -0.39 is 11.5 Å². The lowest BCUT2D eigenvalue weighted by Gasteiger charge is -2.33. The molecule has 5 nitrogen and oxygen atoms in total. The minimum Gasteiger partial charge on any atom is -0.480 e. The number of likely N-dealkylation sites (tertiary alicyclic amines) is 1. The highest BCUT2D eigenvalue weighted by Crippen LogP contribution is 2.20. The number of carboxylic acids is 1. The van der Waals surface area contributed by atoms with Gasteiger partial charge in [0.05, 0.1) is 0 Å². The summed E-state index contributed by atoms with van der Waals surface area (Å²) in [5.74, 6) is -0.0704. The van der Waals surface area contributed by atoms with Crippen LogP contribution in [0, 0.1) is 5.92 Å². The van der Waals surface area contributed by atoms with Crippen molar-refractivity contribution >= 4 is 5.97 Å². The average Bonchev–Trinajstić information content (AvgIpc) is 2.74. The van der Waals surface area contributed by atoms with Crippen LogP contribution in [-0.2, 0) is 4.79 Å². The number of hydrogen-bond acceptors (Lipinski definition) is 4. The van der Waals surface area contributed by atoms with Gasteiger partial charge in [0.15, 0.2) is 0 Å². The van der Waals surface area contributed by atoms with Gasteiger partial charge in [0.25, 0.3) is 0 Å². The average molecular weight is 271 g/mol. The first-order valence-corrected chi connectivity index (χ1v) is 7.09. The molecule has 1 aliphatic heterocycles. The fourth-order valence-electron chi connectivity index (χ4n) is 2.81. The molecule has 0 spiro atoms. The molecule has 0 bridgehead atoms. The van der Waals surface area contributed by atoms with Crippen molar-refractivity contribution < 1.29 is 9.90 Å². The zero-order chi connectivity index (χ0) is 14.6. The summed E-state index contributed by atoms with van der Waals surface area (Å²) in [6.07, 6.45) is 1.85. The molecule has 0 aliphatic carbocycles. The quantitative estimate of drug-likeness (QED) is 0.714. The molecule has 0 amide bonds. The Morgan fingerprint density at radius 1 is 1.63 bits per heavy atom. The summed E-state index contributed by atoms with van der Waals surface area (Å²) >= 11 is 0. The maximum Gasteiger partial charge on any atom is 0.323 e. The zero-order valence-corrected chi connectivity index (χ0v) is 12.9. The van der Waals surface area contributed by atoms with Crippen molar-refractivity contribution in [2.45, 2.75) is 38.3 Å². The van der Waals surface area contributed by atoms with Crippen LogP contribution in [-0.4, -0.2) is 73.2 Å². The van der Waals surface area contributed by atoms with Gasteiger partial charge in [0.2, 0.25) is 0 Å². The van der Waals surface area contributed by atoms with Crippen LogP contribution in [0.15, 0.2) is 0 Å². The Morgan fingerprint density at radius 3 is 2.68 bits per heavy atom. The number of aliphatic carboxylic acids is 1. The molecule has 0 radical (unpaired) electrons. The third-order valence-corrected chi connectivity index (χ3v) is 4.52. The number of rotatable bonds is 7. The monoisotopic (exact) mass is 271 g/mol. The van der Waals surface area contributed by atoms with Crippen LogP contribution in [0.4, 0.5) is 0 Å². The van der Waals surface area contributed by atoms with Crippen LogP contribution < -0.4 is 5.32 Å². The smallest absolute Gasteiger partial charge is 0.323 e. The molecule has 112 valence electrons. The van der Waals surface area contributed by atoms with Gasteiger partial charge in [0, 0.05) is 19.1 Å². The molecular weight excluding hydrogens is 242 g/mol. The summed E-state index contributed by atoms with van der Waals surface area (Å²) in [5, 5.41) is 12.2. The molecule has 1 aliphatic rings. The van der Waals surface area contributed by atoms with Crippen molar-refractivity contribution in [3.8, 4) is 0 Å². The Kier molecular flexibility index (Phi) is 5.77. The number of carbonyl (C=O) groups is 1. The van der Waals surface area contributed by atoms with Crippen molar-refractivity contribution in [1.82, 2.24) is 15.1 Å². The molecule has 0 aromatic carbocycles. The number of nitrogens with one attached hydrogen (secondary N) is 1. The van der Waals surface area contributed by atoms with E-state index in [1.807, 2.05) is 0 Å². The van der Waals surface area contributed by atoms with E-state index >= 15 is 0 Å². The van der Waals surface area contributed by atoms with Gasteiger partial charge in [-0.1, -0.05) is 0 Å². The molecule has 2 N–H and O–H groups in total. The Bertz CT molecular complexity index is 311. The van der Waals surface area contributed by atoms with Crippen LogP contribution >= 0.6 is 0 Å². The third-order valence-electron chi connectivity index (χ3n) is 4.52. The number of hydrogen-bond donors (Lipinski definition) is 2. The summed E-state index contributed by atoms with van der Waals surface area (Å²) in [6, 6.07) is 0.249. The topological polar surface area (TPSA) is 55.8 Å². The third kappa shape index (κ3) is 4.44. The first kappa shape index (κ1) is 16.4. The van der Waals surface area contributed by atoms with E-state index in [4.69, 9.17) is 0 Å². The van der Waals surface area contributed by atoms with E-state index in [0.717, 1.165) is 13.1 Å².